The molecule has 0 aromatic heterocycles. The molecular weight excluding hydrogens is 252 g/mol. The first-order valence-corrected chi connectivity index (χ1v) is 5.41. The molecule has 0 radical (unpaired) electrons. The third kappa shape index (κ3) is 1.69. The van der Waals surface area contributed by atoms with Crippen molar-refractivity contribution in [3.05, 3.63) is 41.0 Å². The zero-order chi connectivity index (χ0) is 14.2. The predicted octanol–water partition coefficient (Wildman–Crippen LogP) is 1.21. The fourth-order valence-corrected chi connectivity index (χ4v) is 2.31. The molecule has 0 heterocycles. The van der Waals surface area contributed by atoms with E-state index in [1.807, 2.05) is 0 Å². The van der Waals surface area contributed by atoms with Gasteiger partial charge >= 0.3 is 17.9 Å². The lowest BCUT2D eigenvalue weighted by molar-refractivity contribution is -0.157. The van der Waals surface area contributed by atoms with Gasteiger partial charge in [-0.2, -0.15) is 0 Å². The Labute approximate surface area is 107 Å². The van der Waals surface area contributed by atoms with E-state index in [0.29, 0.717) is 5.56 Å². The minimum Gasteiger partial charge on any atom is -0.480 e. The molecule has 0 amide bonds. The van der Waals surface area contributed by atoms with Crippen LogP contribution < -0.4 is 0 Å². The quantitative estimate of drug-likeness (QED) is 0.706. The highest BCUT2D eigenvalue weighted by molar-refractivity contribution is 6.09. The van der Waals surface area contributed by atoms with Crippen LogP contribution in [-0.2, 0) is 15.0 Å². The molecule has 19 heavy (non-hydrogen) atoms. The summed E-state index contributed by atoms with van der Waals surface area (Å²) in [4.78, 5) is 34.1. The molecule has 1 aliphatic rings. The van der Waals surface area contributed by atoms with Crippen molar-refractivity contribution in [1.29, 1.82) is 0 Å². The summed E-state index contributed by atoms with van der Waals surface area (Å²) in [6.45, 7) is 0. The number of rotatable bonds is 3. The average molecular weight is 262 g/mol. The second-order valence-corrected chi connectivity index (χ2v) is 4.20. The molecule has 98 valence electrons. The van der Waals surface area contributed by atoms with Crippen molar-refractivity contribution in [3.8, 4) is 0 Å². The van der Waals surface area contributed by atoms with Crippen molar-refractivity contribution in [1.82, 2.24) is 0 Å². The molecule has 1 aliphatic carbocycles. The third-order valence-electron chi connectivity index (χ3n) is 3.21. The van der Waals surface area contributed by atoms with Gasteiger partial charge in [0, 0.05) is 5.56 Å². The largest absolute Gasteiger partial charge is 0.480 e. The SMILES string of the molecule is O=C(O)c1cccc2c1C(C(=O)O)(C(=O)O)CC=C2. The summed E-state index contributed by atoms with van der Waals surface area (Å²) in [5.74, 6) is -4.49. The first-order chi connectivity index (χ1) is 8.91. The lowest BCUT2D eigenvalue weighted by Gasteiger charge is -2.29. The predicted molar refractivity (Wildman–Crippen MR) is 64.0 cm³/mol. The van der Waals surface area contributed by atoms with Crippen molar-refractivity contribution in [2.75, 3.05) is 0 Å². The second kappa shape index (κ2) is 4.24. The van der Waals surface area contributed by atoms with Crippen LogP contribution in [0.15, 0.2) is 24.3 Å². The molecule has 0 bridgehead atoms. The number of carbonyl (C=O) groups is 3. The Balaban J connectivity index is 2.87. The Morgan fingerprint density at radius 1 is 1.05 bits per heavy atom. The monoisotopic (exact) mass is 262 g/mol. The van der Waals surface area contributed by atoms with Crippen molar-refractivity contribution < 1.29 is 29.7 Å². The fourth-order valence-electron chi connectivity index (χ4n) is 2.31. The van der Waals surface area contributed by atoms with E-state index in [-0.39, 0.29) is 17.5 Å². The van der Waals surface area contributed by atoms with Gasteiger partial charge in [-0.1, -0.05) is 24.3 Å². The van der Waals surface area contributed by atoms with Gasteiger partial charge in [0.15, 0.2) is 5.41 Å². The van der Waals surface area contributed by atoms with E-state index in [4.69, 9.17) is 5.11 Å². The molecule has 3 N–H and O–H groups in total. The highest BCUT2D eigenvalue weighted by Gasteiger charge is 2.51. The van der Waals surface area contributed by atoms with Gasteiger partial charge in [-0.25, -0.2) is 4.79 Å². The van der Waals surface area contributed by atoms with Crippen molar-refractivity contribution in [2.24, 2.45) is 0 Å². The van der Waals surface area contributed by atoms with Gasteiger partial charge in [-0.15, -0.1) is 0 Å². The minimum atomic E-state index is -2.25. The summed E-state index contributed by atoms with van der Waals surface area (Å²) in [7, 11) is 0. The molecule has 0 fully saturated rings. The fraction of sp³-hybridized carbons (Fsp3) is 0.154. The first-order valence-electron chi connectivity index (χ1n) is 5.41. The van der Waals surface area contributed by atoms with Gasteiger partial charge in [-0.05, 0) is 18.1 Å². The van der Waals surface area contributed by atoms with E-state index >= 15 is 0 Å². The molecule has 6 heteroatoms. The molecule has 1 aromatic rings. The maximum absolute atomic E-state index is 11.4. The summed E-state index contributed by atoms with van der Waals surface area (Å²) >= 11 is 0. The molecule has 2 rings (SSSR count). The number of aliphatic carboxylic acids is 2. The summed E-state index contributed by atoms with van der Waals surface area (Å²) in [6, 6.07) is 4.16. The van der Waals surface area contributed by atoms with Crippen LogP contribution in [0, 0.1) is 0 Å². The standard InChI is InChI=1S/C13H10O6/c14-10(15)8-5-1-3-7-4-2-6-13(9(7)8,11(16)17)12(18)19/h1-5H,6H2,(H,14,15)(H,16,17)(H,18,19). The maximum atomic E-state index is 11.4. The van der Waals surface area contributed by atoms with E-state index in [9.17, 15) is 24.6 Å². The topological polar surface area (TPSA) is 112 Å². The van der Waals surface area contributed by atoms with Gasteiger partial charge < -0.3 is 15.3 Å². The zero-order valence-electron chi connectivity index (χ0n) is 9.66. The summed E-state index contributed by atoms with van der Waals surface area (Å²) < 4.78 is 0. The molecule has 0 atom stereocenters. The summed E-state index contributed by atoms with van der Waals surface area (Å²) in [5, 5.41) is 27.7. The van der Waals surface area contributed by atoms with E-state index in [2.05, 4.69) is 0 Å². The van der Waals surface area contributed by atoms with Crippen LogP contribution in [-0.4, -0.2) is 33.2 Å². The highest BCUT2D eigenvalue weighted by Crippen LogP contribution is 2.38. The maximum Gasteiger partial charge on any atom is 0.336 e. The van der Waals surface area contributed by atoms with Gasteiger partial charge in [0.1, 0.15) is 0 Å². The Bertz CT molecular complexity index is 600. The zero-order valence-corrected chi connectivity index (χ0v) is 9.66. The highest BCUT2D eigenvalue weighted by atomic mass is 16.4. The number of hydrogen-bond donors (Lipinski definition) is 3. The van der Waals surface area contributed by atoms with Crippen LogP contribution in [0.25, 0.3) is 6.08 Å². The summed E-state index contributed by atoms with van der Waals surface area (Å²) in [5.41, 5.74) is -2.42. The number of aromatic carboxylic acids is 1. The smallest absolute Gasteiger partial charge is 0.336 e. The normalized spacial score (nSPS) is 15.6. The molecule has 0 aliphatic heterocycles. The number of benzene rings is 1. The molecule has 0 unspecified atom stereocenters. The Morgan fingerprint density at radius 3 is 2.21 bits per heavy atom. The Hall–Kier alpha value is -2.63. The molecule has 0 saturated heterocycles. The van der Waals surface area contributed by atoms with Crippen LogP contribution in [0.3, 0.4) is 0 Å². The van der Waals surface area contributed by atoms with Crippen LogP contribution in [0.1, 0.15) is 27.9 Å². The van der Waals surface area contributed by atoms with Crippen molar-refractivity contribution in [2.45, 2.75) is 11.8 Å². The lowest BCUT2D eigenvalue weighted by Crippen LogP contribution is -2.46. The van der Waals surface area contributed by atoms with Gasteiger partial charge in [-0.3, -0.25) is 9.59 Å². The first kappa shape index (κ1) is 12.8. The van der Waals surface area contributed by atoms with Crippen molar-refractivity contribution >= 4 is 24.0 Å². The number of carboxylic acids is 3. The molecule has 0 saturated carbocycles. The Morgan fingerprint density at radius 2 is 1.68 bits per heavy atom. The molecule has 0 spiro atoms. The van der Waals surface area contributed by atoms with E-state index in [1.54, 1.807) is 0 Å². The van der Waals surface area contributed by atoms with Gasteiger partial charge in [0.2, 0.25) is 0 Å². The van der Waals surface area contributed by atoms with Crippen molar-refractivity contribution in [3.63, 3.8) is 0 Å². The van der Waals surface area contributed by atoms with Crippen LogP contribution in [0.5, 0.6) is 0 Å². The molecular formula is C13H10O6. The number of fused-ring (bicyclic) bond motifs is 1. The number of allylic oxidation sites excluding steroid dienone is 1. The lowest BCUT2D eigenvalue weighted by atomic mass is 9.70. The number of carboxylic acid groups (broad SMARTS) is 3. The van der Waals surface area contributed by atoms with Gasteiger partial charge in [0.05, 0.1) is 5.56 Å². The third-order valence-corrected chi connectivity index (χ3v) is 3.21. The van der Waals surface area contributed by atoms with Crippen LogP contribution in [0.4, 0.5) is 0 Å². The van der Waals surface area contributed by atoms with Crippen LogP contribution in [0.2, 0.25) is 0 Å². The summed E-state index contributed by atoms with van der Waals surface area (Å²) in [6.07, 6.45) is 2.68. The van der Waals surface area contributed by atoms with E-state index in [0.717, 1.165) is 0 Å². The van der Waals surface area contributed by atoms with Crippen LogP contribution >= 0.6 is 0 Å². The average Bonchev–Trinajstić information content (AvgIpc) is 2.36. The van der Waals surface area contributed by atoms with Gasteiger partial charge in [0.25, 0.3) is 0 Å². The molecule has 6 nitrogen and oxygen atoms in total. The van der Waals surface area contributed by atoms with E-state index in [1.165, 1.54) is 30.4 Å². The molecule has 1 aromatic carbocycles. The Kier molecular flexibility index (Phi) is 2.86. The van der Waals surface area contributed by atoms with E-state index < -0.39 is 23.3 Å². The minimum absolute atomic E-state index is 0.176. The number of hydrogen-bond acceptors (Lipinski definition) is 3. The second-order valence-electron chi connectivity index (χ2n) is 4.20.